The molecule has 31 heavy (non-hydrogen) atoms. The highest BCUT2D eigenvalue weighted by molar-refractivity contribution is 5.83. The summed E-state index contributed by atoms with van der Waals surface area (Å²) >= 11 is 0. The van der Waals surface area contributed by atoms with Crippen molar-refractivity contribution in [3.8, 4) is 11.6 Å². The van der Waals surface area contributed by atoms with Crippen LogP contribution in [0.15, 0.2) is 35.2 Å². The normalized spacial score (nSPS) is 18.5. The van der Waals surface area contributed by atoms with Crippen LogP contribution in [0, 0.1) is 0 Å². The van der Waals surface area contributed by atoms with Crippen LogP contribution >= 0.6 is 0 Å². The summed E-state index contributed by atoms with van der Waals surface area (Å²) in [5, 5.41) is 7.81. The van der Waals surface area contributed by atoms with Crippen molar-refractivity contribution >= 4 is 16.7 Å². The maximum absolute atomic E-state index is 14.3. The van der Waals surface area contributed by atoms with Gasteiger partial charge < -0.3 is 9.32 Å². The van der Waals surface area contributed by atoms with Gasteiger partial charge in [-0.3, -0.25) is 4.40 Å². The highest BCUT2D eigenvalue weighted by Crippen LogP contribution is 2.45. The zero-order chi connectivity index (χ0) is 22.0. The van der Waals surface area contributed by atoms with Crippen LogP contribution < -0.4 is 0 Å². The first-order valence-electron chi connectivity index (χ1n) is 9.38. The van der Waals surface area contributed by atoms with Gasteiger partial charge in [-0.25, -0.2) is 9.97 Å². The van der Waals surface area contributed by atoms with E-state index in [-0.39, 0.29) is 23.1 Å². The lowest BCUT2D eigenvalue weighted by Gasteiger charge is -2.22. The average Bonchev–Trinajstić information content (AvgIpc) is 3.45. The van der Waals surface area contributed by atoms with Gasteiger partial charge in [0.25, 0.3) is 5.89 Å². The zero-order valence-corrected chi connectivity index (χ0v) is 16.1. The van der Waals surface area contributed by atoms with Gasteiger partial charge in [0.2, 0.25) is 6.39 Å². The van der Waals surface area contributed by atoms with E-state index in [9.17, 15) is 22.0 Å². The van der Waals surface area contributed by atoms with Crippen molar-refractivity contribution in [1.29, 1.82) is 0 Å². The summed E-state index contributed by atoms with van der Waals surface area (Å²) in [6.45, 7) is 1.26. The molecule has 0 radical (unpaired) electrons. The van der Waals surface area contributed by atoms with Crippen LogP contribution in [0.25, 0.3) is 28.3 Å². The molecule has 1 saturated heterocycles. The zero-order valence-electron chi connectivity index (χ0n) is 16.1. The monoisotopic (exact) mass is 438 g/mol. The topological polar surface area (TPSA) is 72.3 Å². The Morgan fingerprint density at radius 3 is 2.58 bits per heavy atom. The number of rotatable bonds is 3. The van der Waals surface area contributed by atoms with E-state index in [1.807, 2.05) is 11.9 Å². The van der Waals surface area contributed by atoms with Gasteiger partial charge in [-0.2, -0.15) is 22.0 Å². The molecule has 5 heterocycles. The summed E-state index contributed by atoms with van der Waals surface area (Å²) in [6.07, 6.45) is -2.60. The molecule has 0 N–H and O–H groups in total. The molecule has 0 bridgehead atoms. The van der Waals surface area contributed by atoms with Gasteiger partial charge in [-0.1, -0.05) is 0 Å². The molecule has 0 amide bonds. The fourth-order valence-electron chi connectivity index (χ4n) is 3.98. The van der Waals surface area contributed by atoms with Gasteiger partial charge in [0.1, 0.15) is 22.7 Å². The smallest absolute Gasteiger partial charge is 0.422 e. The molecule has 1 aliphatic rings. The molecule has 0 saturated carbocycles. The Labute approximate surface area is 171 Å². The molecule has 4 aromatic heterocycles. The first kappa shape index (κ1) is 19.8. The second-order valence-corrected chi connectivity index (χ2v) is 7.59. The third kappa shape index (κ3) is 3.12. The number of hydrogen-bond donors (Lipinski definition) is 0. The quantitative estimate of drug-likeness (QED) is 0.450. The SMILES string of the molecule is CN1CCC(c2cc(C(F)(F)C(F)(F)F)nc3c2ccc2nc(-c4nnco4)cn23)C1. The van der Waals surface area contributed by atoms with Crippen LogP contribution in [0.5, 0.6) is 0 Å². The predicted molar refractivity (Wildman–Crippen MR) is 98.6 cm³/mol. The molecule has 1 aliphatic heterocycles. The van der Waals surface area contributed by atoms with Gasteiger partial charge >= 0.3 is 12.1 Å². The Morgan fingerprint density at radius 2 is 1.94 bits per heavy atom. The van der Waals surface area contributed by atoms with Crippen LogP contribution in [-0.4, -0.2) is 55.8 Å². The number of hydrogen-bond acceptors (Lipinski definition) is 6. The number of fused-ring (bicyclic) bond motifs is 3. The van der Waals surface area contributed by atoms with Crippen molar-refractivity contribution in [3.05, 3.63) is 42.0 Å². The van der Waals surface area contributed by atoms with E-state index in [2.05, 4.69) is 20.2 Å². The predicted octanol–water partition coefficient (Wildman–Crippen LogP) is 4.01. The minimum atomic E-state index is -5.77. The summed E-state index contributed by atoms with van der Waals surface area (Å²) in [4.78, 5) is 10.1. The van der Waals surface area contributed by atoms with Gasteiger partial charge in [-0.05, 0) is 49.7 Å². The first-order valence-corrected chi connectivity index (χ1v) is 9.38. The molecule has 0 spiro atoms. The molecule has 5 rings (SSSR count). The van der Waals surface area contributed by atoms with Crippen molar-refractivity contribution in [2.24, 2.45) is 0 Å². The van der Waals surface area contributed by atoms with E-state index in [4.69, 9.17) is 4.42 Å². The molecular weight excluding hydrogens is 423 g/mol. The molecule has 1 fully saturated rings. The number of imidazole rings is 1. The van der Waals surface area contributed by atoms with Gasteiger partial charge in [0.15, 0.2) is 0 Å². The Morgan fingerprint density at radius 1 is 1.13 bits per heavy atom. The van der Waals surface area contributed by atoms with E-state index in [1.54, 1.807) is 12.1 Å². The number of aromatic nitrogens is 5. The standard InChI is InChI=1S/C19H15F5N6O/c1-29-5-4-10(7-29)12-6-14(18(20,21)19(22,23)24)27-16-11(12)2-3-15-26-13(8-30(15)16)17-28-25-9-31-17/h2-3,6,8-10H,4-5,7H2,1H3. The Hall–Kier alpha value is -3.15. The number of nitrogens with zero attached hydrogens (tertiary/aromatic N) is 6. The number of likely N-dealkylation sites (N-methyl/N-ethyl adjacent to an activating group) is 1. The second-order valence-electron chi connectivity index (χ2n) is 7.59. The second kappa shape index (κ2) is 6.67. The maximum Gasteiger partial charge on any atom is 0.459 e. The molecule has 12 heteroatoms. The van der Waals surface area contributed by atoms with Crippen molar-refractivity contribution < 1.29 is 26.4 Å². The van der Waals surface area contributed by atoms with Crippen LogP contribution in [0.1, 0.15) is 23.6 Å². The lowest BCUT2D eigenvalue weighted by Crippen LogP contribution is -2.34. The number of alkyl halides is 5. The maximum atomic E-state index is 14.3. The van der Waals surface area contributed by atoms with Crippen molar-refractivity contribution in [3.63, 3.8) is 0 Å². The van der Waals surface area contributed by atoms with Gasteiger partial charge in [-0.15, -0.1) is 10.2 Å². The fraction of sp³-hybridized carbons (Fsp3) is 0.368. The van der Waals surface area contributed by atoms with E-state index >= 15 is 0 Å². The average molecular weight is 438 g/mol. The molecule has 0 aromatic carbocycles. The molecule has 0 aliphatic carbocycles. The molecular formula is C19H15F5N6O. The largest absolute Gasteiger partial charge is 0.459 e. The lowest BCUT2D eigenvalue weighted by molar-refractivity contribution is -0.290. The summed E-state index contributed by atoms with van der Waals surface area (Å²) in [7, 11) is 1.87. The molecule has 162 valence electrons. The summed E-state index contributed by atoms with van der Waals surface area (Å²) in [5.74, 6) is -5.21. The van der Waals surface area contributed by atoms with Crippen LogP contribution in [0.4, 0.5) is 22.0 Å². The minimum Gasteiger partial charge on any atom is -0.422 e. The van der Waals surface area contributed by atoms with Crippen molar-refractivity contribution in [1.82, 2.24) is 29.5 Å². The fourth-order valence-corrected chi connectivity index (χ4v) is 3.98. The Kier molecular flexibility index (Phi) is 4.26. The van der Waals surface area contributed by atoms with Crippen LogP contribution in [0.2, 0.25) is 0 Å². The molecule has 7 nitrogen and oxygen atoms in total. The highest BCUT2D eigenvalue weighted by atomic mass is 19.4. The summed E-state index contributed by atoms with van der Waals surface area (Å²) in [6, 6.07) is 4.18. The molecule has 1 unspecified atom stereocenters. The summed E-state index contributed by atoms with van der Waals surface area (Å²) in [5.41, 5.74) is -0.417. The third-order valence-corrected chi connectivity index (χ3v) is 5.52. The Bertz CT molecular complexity index is 1270. The highest BCUT2D eigenvalue weighted by Gasteiger charge is 2.60. The van der Waals surface area contributed by atoms with Crippen LogP contribution in [-0.2, 0) is 5.92 Å². The number of halogens is 5. The van der Waals surface area contributed by atoms with Crippen LogP contribution in [0.3, 0.4) is 0 Å². The van der Waals surface area contributed by atoms with Crippen molar-refractivity contribution in [2.75, 3.05) is 20.1 Å². The third-order valence-electron chi connectivity index (χ3n) is 5.52. The van der Waals surface area contributed by atoms with E-state index < -0.39 is 17.8 Å². The van der Waals surface area contributed by atoms with Gasteiger partial charge in [0, 0.05) is 18.1 Å². The van der Waals surface area contributed by atoms with Crippen molar-refractivity contribution in [2.45, 2.75) is 24.4 Å². The van der Waals surface area contributed by atoms with E-state index in [0.29, 0.717) is 36.1 Å². The first-order chi connectivity index (χ1) is 14.6. The van der Waals surface area contributed by atoms with Gasteiger partial charge in [0.05, 0.1) is 0 Å². The Balaban J connectivity index is 1.79. The minimum absolute atomic E-state index is 0.0401. The van der Waals surface area contributed by atoms with E-state index in [1.165, 1.54) is 10.6 Å². The molecule has 1 atom stereocenters. The lowest BCUT2D eigenvalue weighted by atomic mass is 9.94. The summed E-state index contributed by atoms with van der Waals surface area (Å²) < 4.78 is 74.5. The molecule has 4 aromatic rings. The number of likely N-dealkylation sites (tertiary alicyclic amines) is 1. The number of pyridine rings is 2. The van der Waals surface area contributed by atoms with E-state index in [0.717, 1.165) is 12.5 Å².